The first-order chi connectivity index (χ1) is 44.4. The Balaban J connectivity index is 1.57. The molecular formula is C69H130N2O21. The molecule has 23 heteroatoms. The highest BCUT2D eigenvalue weighted by atomic mass is 16.8. The van der Waals surface area contributed by atoms with Gasteiger partial charge in [0, 0.05) is 19.8 Å². The molecule has 0 aliphatic carbocycles. The molecule has 542 valence electrons. The number of aliphatic hydroxyl groups is 11. The van der Waals surface area contributed by atoms with Crippen molar-refractivity contribution in [2.24, 2.45) is 0 Å². The highest BCUT2D eigenvalue weighted by molar-refractivity contribution is 5.77. The number of carbonyl (C=O) groups is 3. The molecule has 18 atom stereocenters. The molecule has 18 unspecified atom stereocenters. The van der Waals surface area contributed by atoms with E-state index in [9.17, 15) is 75.7 Å². The summed E-state index contributed by atoms with van der Waals surface area (Å²) in [5, 5.41) is 136. The van der Waals surface area contributed by atoms with E-state index in [-0.39, 0.29) is 18.9 Å². The number of nitrogens with one attached hydrogen (secondary N) is 2. The first-order valence-corrected chi connectivity index (χ1v) is 36.4. The van der Waals surface area contributed by atoms with Crippen LogP contribution >= 0.6 is 0 Å². The van der Waals surface area contributed by atoms with Gasteiger partial charge in [-0.15, -0.1) is 0 Å². The van der Waals surface area contributed by atoms with Gasteiger partial charge in [-0.3, -0.25) is 9.59 Å². The van der Waals surface area contributed by atoms with E-state index in [0.717, 1.165) is 51.9 Å². The molecule has 3 saturated heterocycles. The van der Waals surface area contributed by atoms with Crippen LogP contribution in [0.25, 0.3) is 0 Å². The standard InChI is InChI=1S/C69H130N2O21/c1-4-6-8-10-12-14-16-18-20-22-23-24-25-27-29-31-33-35-37-39-41-43-56(79)71-50(51(76)42-40-38-36-34-32-30-28-26-21-19-17-15-13-11-9-7-5-2)48-87-66-61(83)60(82)63(55(47-74)89-66)90-67-62(84)65(59(81)54(46-73)88-67)92-69(68(85)86)44-52(77)57(70-49(3)75)64(91-69)58(80)53(78)45-72/h50-55,57-67,72-74,76-78,80-84H,4-48H2,1-3H3,(H,70,75)(H,71,79)(H,85,86). The minimum atomic E-state index is -3.08. The first-order valence-electron chi connectivity index (χ1n) is 36.4. The van der Waals surface area contributed by atoms with Gasteiger partial charge in [-0.05, 0) is 12.8 Å². The molecule has 0 spiro atoms. The lowest BCUT2D eigenvalue weighted by atomic mass is 9.88. The van der Waals surface area contributed by atoms with Crippen molar-refractivity contribution in [3.63, 3.8) is 0 Å². The fourth-order valence-corrected chi connectivity index (χ4v) is 13.0. The fraction of sp³-hybridized carbons (Fsp3) is 0.957. The van der Waals surface area contributed by atoms with Gasteiger partial charge >= 0.3 is 5.97 Å². The summed E-state index contributed by atoms with van der Waals surface area (Å²) in [6.07, 6.45) is 18.1. The van der Waals surface area contributed by atoms with Crippen molar-refractivity contribution in [3.8, 4) is 0 Å². The van der Waals surface area contributed by atoms with E-state index in [1.807, 2.05) is 0 Å². The summed E-state index contributed by atoms with van der Waals surface area (Å²) >= 11 is 0. The van der Waals surface area contributed by atoms with E-state index >= 15 is 0 Å². The third-order valence-corrected chi connectivity index (χ3v) is 18.8. The Bertz CT molecular complexity index is 1860. The molecule has 0 aromatic carbocycles. The zero-order valence-electron chi connectivity index (χ0n) is 56.7. The van der Waals surface area contributed by atoms with Crippen LogP contribution in [0.2, 0.25) is 0 Å². The lowest BCUT2D eigenvalue weighted by molar-refractivity contribution is -0.386. The van der Waals surface area contributed by atoms with E-state index in [0.29, 0.717) is 19.3 Å². The highest BCUT2D eigenvalue weighted by Crippen LogP contribution is 2.39. The monoisotopic (exact) mass is 1320 g/mol. The average Bonchev–Trinajstić information content (AvgIpc) is 0.767. The Morgan fingerprint density at radius 2 is 0.946 bits per heavy atom. The van der Waals surface area contributed by atoms with Crippen LogP contribution in [0, 0.1) is 0 Å². The van der Waals surface area contributed by atoms with Crippen LogP contribution in [0.1, 0.15) is 284 Å². The Morgan fingerprint density at radius 1 is 0.522 bits per heavy atom. The SMILES string of the molecule is CCCCCCCCCCCCCCCCCCCCCCCC(=O)NC(COC1OC(CO)C(OC2OC(CO)C(O)C(OC3(C(=O)O)CC(O)C(NC(C)=O)C(C(O)C(O)CO)O3)C2O)C(O)C1O)C(O)CCCCCCCCCCCCCCCCCCC. The second-order valence-electron chi connectivity index (χ2n) is 26.8. The van der Waals surface area contributed by atoms with Gasteiger partial charge in [-0.25, -0.2) is 4.79 Å². The number of hydrogen-bond donors (Lipinski definition) is 14. The fourth-order valence-electron chi connectivity index (χ4n) is 13.0. The Labute approximate surface area is 550 Å². The van der Waals surface area contributed by atoms with Crippen molar-refractivity contribution >= 4 is 17.8 Å². The molecule has 92 heavy (non-hydrogen) atoms. The Morgan fingerprint density at radius 3 is 1.36 bits per heavy atom. The molecule has 3 rings (SSSR count). The second-order valence-corrected chi connectivity index (χ2v) is 26.8. The van der Waals surface area contributed by atoms with Gasteiger partial charge in [-0.1, -0.05) is 251 Å². The molecule has 14 N–H and O–H groups in total. The van der Waals surface area contributed by atoms with E-state index in [2.05, 4.69) is 24.5 Å². The molecule has 2 amide bonds. The minimum absolute atomic E-state index is 0.229. The summed E-state index contributed by atoms with van der Waals surface area (Å²) in [7, 11) is 0. The van der Waals surface area contributed by atoms with Crippen LogP contribution in [0.15, 0.2) is 0 Å². The number of amides is 2. The van der Waals surface area contributed by atoms with Crippen molar-refractivity contribution in [2.45, 2.75) is 394 Å². The maximum atomic E-state index is 13.5. The van der Waals surface area contributed by atoms with Crippen molar-refractivity contribution < 1.29 is 104 Å². The van der Waals surface area contributed by atoms with Gasteiger partial charge in [-0.2, -0.15) is 0 Å². The summed E-state index contributed by atoms with van der Waals surface area (Å²) in [5.74, 6) is -6.09. The Kier molecular flexibility index (Phi) is 45.7. The van der Waals surface area contributed by atoms with E-state index in [1.165, 1.54) is 186 Å². The number of unbranched alkanes of at least 4 members (excludes halogenated alkanes) is 36. The zero-order chi connectivity index (χ0) is 67.5. The van der Waals surface area contributed by atoms with Gasteiger partial charge in [0.1, 0.15) is 67.1 Å². The number of carbonyl (C=O) groups excluding carboxylic acids is 2. The van der Waals surface area contributed by atoms with Crippen LogP contribution < -0.4 is 10.6 Å². The molecule has 3 fully saturated rings. The smallest absolute Gasteiger partial charge is 0.364 e. The quantitative estimate of drug-likeness (QED) is 0.0266. The van der Waals surface area contributed by atoms with Crippen LogP contribution in [0.5, 0.6) is 0 Å². The lowest BCUT2D eigenvalue weighted by Gasteiger charge is -2.50. The van der Waals surface area contributed by atoms with Crippen molar-refractivity contribution in [1.29, 1.82) is 0 Å². The molecule has 0 bridgehead atoms. The van der Waals surface area contributed by atoms with Gasteiger partial charge < -0.3 is 100 Å². The van der Waals surface area contributed by atoms with E-state index < -0.39 is 148 Å². The number of rotatable bonds is 56. The molecule has 0 radical (unpaired) electrons. The van der Waals surface area contributed by atoms with Crippen molar-refractivity contribution in [1.82, 2.24) is 10.6 Å². The predicted molar refractivity (Wildman–Crippen MR) is 348 cm³/mol. The molecule has 3 heterocycles. The van der Waals surface area contributed by atoms with Crippen molar-refractivity contribution in [3.05, 3.63) is 0 Å². The van der Waals surface area contributed by atoms with Gasteiger partial charge in [0.2, 0.25) is 11.8 Å². The number of aliphatic hydroxyl groups excluding tert-OH is 11. The van der Waals surface area contributed by atoms with Crippen LogP contribution in [0.4, 0.5) is 0 Å². The van der Waals surface area contributed by atoms with Crippen LogP contribution in [-0.2, 0) is 42.8 Å². The maximum Gasteiger partial charge on any atom is 0.364 e. The Hall–Kier alpha value is -2.27. The summed E-state index contributed by atoms with van der Waals surface area (Å²) in [5.41, 5.74) is 0. The molecule has 0 aromatic heterocycles. The summed E-state index contributed by atoms with van der Waals surface area (Å²) < 4.78 is 34.9. The molecule has 23 nitrogen and oxygen atoms in total. The van der Waals surface area contributed by atoms with Crippen LogP contribution in [-0.4, -0.2) is 215 Å². The van der Waals surface area contributed by atoms with Crippen LogP contribution in [0.3, 0.4) is 0 Å². The molecular weight excluding hydrogens is 1190 g/mol. The third kappa shape index (κ3) is 31.9. The summed E-state index contributed by atoms with van der Waals surface area (Å²) in [4.78, 5) is 38.6. The lowest BCUT2D eigenvalue weighted by Crippen LogP contribution is -2.70. The average molecular weight is 1320 g/mol. The number of carboxylic acid groups (broad SMARTS) is 1. The predicted octanol–water partition coefficient (Wildman–Crippen LogP) is 7.29. The minimum Gasteiger partial charge on any atom is -0.477 e. The largest absolute Gasteiger partial charge is 0.477 e. The number of ether oxygens (including phenoxy) is 6. The van der Waals surface area contributed by atoms with Crippen molar-refractivity contribution in [2.75, 3.05) is 26.4 Å². The highest BCUT2D eigenvalue weighted by Gasteiger charge is 2.60. The van der Waals surface area contributed by atoms with E-state index in [1.54, 1.807) is 0 Å². The maximum absolute atomic E-state index is 13.5. The normalized spacial score (nSPS) is 28.2. The topological polar surface area (TPSA) is 373 Å². The molecule has 3 aliphatic heterocycles. The third-order valence-electron chi connectivity index (χ3n) is 18.8. The summed E-state index contributed by atoms with van der Waals surface area (Å²) in [6, 6.07) is -2.52. The summed E-state index contributed by atoms with van der Waals surface area (Å²) in [6.45, 7) is 2.24. The second kappa shape index (κ2) is 50.1. The van der Waals surface area contributed by atoms with Gasteiger partial charge in [0.25, 0.3) is 5.79 Å². The number of carboxylic acids is 1. The van der Waals surface area contributed by atoms with Gasteiger partial charge in [0.15, 0.2) is 12.6 Å². The molecule has 0 aromatic rings. The zero-order valence-corrected chi connectivity index (χ0v) is 56.7. The molecule has 3 aliphatic rings. The number of hydrogen-bond acceptors (Lipinski definition) is 20. The first kappa shape index (κ1) is 84.0. The van der Waals surface area contributed by atoms with Gasteiger partial charge in [0.05, 0.1) is 50.7 Å². The molecule has 0 saturated carbocycles. The van der Waals surface area contributed by atoms with E-state index in [4.69, 9.17) is 28.4 Å². The number of aliphatic carboxylic acids is 1.